The van der Waals surface area contributed by atoms with Crippen LogP contribution in [0, 0.1) is 5.92 Å². The van der Waals surface area contributed by atoms with E-state index in [4.69, 9.17) is 4.74 Å². The number of amides is 2. The number of carbonyl (C=O) groups excluding carboxylic acids is 1. The Morgan fingerprint density at radius 1 is 1.32 bits per heavy atom. The molecule has 2 amide bonds. The number of hydrogen-bond acceptors (Lipinski definition) is 2. The average Bonchev–Trinajstić information content (AvgIpc) is 2.59. The number of allylic oxidation sites excluding steroid dienone is 2. The molecule has 2 unspecified atom stereocenters. The van der Waals surface area contributed by atoms with E-state index < -0.39 is 0 Å². The molecule has 1 aromatic carbocycles. The maximum atomic E-state index is 12.1. The third-order valence-corrected chi connectivity index (χ3v) is 4.16. The van der Waals surface area contributed by atoms with Crippen molar-refractivity contribution in [1.29, 1.82) is 0 Å². The summed E-state index contributed by atoms with van der Waals surface area (Å²) in [5.74, 6) is 1.39. The highest BCUT2D eigenvalue weighted by molar-refractivity contribution is 5.74. The molecule has 0 bridgehead atoms. The summed E-state index contributed by atoms with van der Waals surface area (Å²) in [6.07, 6.45) is 8.62. The first kappa shape index (κ1) is 16.4. The van der Waals surface area contributed by atoms with Crippen molar-refractivity contribution in [2.24, 2.45) is 5.92 Å². The van der Waals surface area contributed by atoms with Gasteiger partial charge in [0.15, 0.2) is 0 Å². The van der Waals surface area contributed by atoms with Crippen molar-refractivity contribution in [2.45, 2.75) is 38.6 Å². The highest BCUT2D eigenvalue weighted by atomic mass is 16.5. The third kappa shape index (κ3) is 4.79. The van der Waals surface area contributed by atoms with Crippen LogP contribution in [0.5, 0.6) is 5.75 Å². The number of rotatable bonds is 6. The van der Waals surface area contributed by atoms with Crippen molar-refractivity contribution >= 4 is 6.03 Å². The maximum Gasteiger partial charge on any atom is 0.315 e. The number of benzene rings is 1. The minimum Gasteiger partial charge on any atom is -0.497 e. The van der Waals surface area contributed by atoms with Crippen LogP contribution in [0.1, 0.15) is 44.2 Å². The number of ether oxygens (including phenoxy) is 1. The molecule has 4 heteroatoms. The van der Waals surface area contributed by atoms with E-state index in [-0.39, 0.29) is 12.1 Å². The summed E-state index contributed by atoms with van der Waals surface area (Å²) in [5, 5.41) is 6.05. The first-order valence-electron chi connectivity index (χ1n) is 8.06. The SMILES string of the molecule is CCC(NC(=O)NCC1CC=CCC1)c1ccc(OC)cc1. The Labute approximate surface area is 132 Å². The van der Waals surface area contributed by atoms with E-state index in [9.17, 15) is 4.79 Å². The van der Waals surface area contributed by atoms with E-state index in [2.05, 4.69) is 29.7 Å². The van der Waals surface area contributed by atoms with Gasteiger partial charge in [-0.15, -0.1) is 0 Å². The van der Waals surface area contributed by atoms with Crippen molar-refractivity contribution in [3.05, 3.63) is 42.0 Å². The van der Waals surface area contributed by atoms with Gasteiger partial charge >= 0.3 is 6.03 Å². The summed E-state index contributed by atoms with van der Waals surface area (Å²) in [4.78, 5) is 12.1. The van der Waals surface area contributed by atoms with Crippen LogP contribution in [0.15, 0.2) is 36.4 Å². The zero-order chi connectivity index (χ0) is 15.8. The molecule has 22 heavy (non-hydrogen) atoms. The van der Waals surface area contributed by atoms with E-state index in [0.29, 0.717) is 5.92 Å². The second-order valence-electron chi connectivity index (χ2n) is 5.74. The first-order chi connectivity index (χ1) is 10.7. The molecule has 4 nitrogen and oxygen atoms in total. The highest BCUT2D eigenvalue weighted by Gasteiger charge is 2.15. The largest absolute Gasteiger partial charge is 0.497 e. The van der Waals surface area contributed by atoms with E-state index >= 15 is 0 Å². The molecule has 0 aromatic heterocycles. The number of nitrogens with one attached hydrogen (secondary N) is 2. The summed E-state index contributed by atoms with van der Waals surface area (Å²) in [6, 6.07) is 7.78. The van der Waals surface area contributed by atoms with Gasteiger partial charge in [-0.2, -0.15) is 0 Å². The summed E-state index contributed by atoms with van der Waals surface area (Å²) < 4.78 is 5.16. The van der Waals surface area contributed by atoms with Gasteiger partial charge in [0.2, 0.25) is 0 Å². The molecule has 0 heterocycles. The lowest BCUT2D eigenvalue weighted by Gasteiger charge is -2.21. The monoisotopic (exact) mass is 302 g/mol. The second-order valence-corrected chi connectivity index (χ2v) is 5.74. The van der Waals surface area contributed by atoms with E-state index in [1.54, 1.807) is 7.11 Å². The van der Waals surface area contributed by atoms with Crippen LogP contribution in [-0.2, 0) is 0 Å². The topological polar surface area (TPSA) is 50.4 Å². The van der Waals surface area contributed by atoms with E-state index in [1.807, 2.05) is 24.3 Å². The molecule has 0 saturated carbocycles. The Bertz CT molecular complexity index is 496. The van der Waals surface area contributed by atoms with Gasteiger partial charge in [-0.1, -0.05) is 31.2 Å². The molecule has 0 fully saturated rings. The molecule has 120 valence electrons. The molecule has 0 spiro atoms. The molecular formula is C18H26N2O2. The van der Waals surface area contributed by atoms with Gasteiger partial charge in [-0.25, -0.2) is 4.79 Å². The molecule has 1 aliphatic rings. The first-order valence-corrected chi connectivity index (χ1v) is 8.06. The van der Waals surface area contributed by atoms with Crippen LogP contribution in [0.2, 0.25) is 0 Å². The summed E-state index contributed by atoms with van der Waals surface area (Å²) in [6.45, 7) is 2.82. The molecule has 0 aliphatic heterocycles. The minimum atomic E-state index is -0.0859. The van der Waals surface area contributed by atoms with Crippen molar-refractivity contribution in [3.8, 4) is 5.75 Å². The lowest BCUT2D eigenvalue weighted by molar-refractivity contribution is 0.234. The van der Waals surface area contributed by atoms with Crippen LogP contribution in [0.25, 0.3) is 0 Å². The van der Waals surface area contributed by atoms with E-state index in [1.165, 1.54) is 0 Å². The van der Waals surface area contributed by atoms with Gasteiger partial charge in [0.25, 0.3) is 0 Å². The molecular weight excluding hydrogens is 276 g/mol. The quantitative estimate of drug-likeness (QED) is 0.785. The van der Waals surface area contributed by atoms with Gasteiger partial charge in [0.05, 0.1) is 13.2 Å². The molecule has 2 N–H and O–H groups in total. The fraction of sp³-hybridized carbons (Fsp3) is 0.500. The van der Waals surface area contributed by atoms with Crippen molar-refractivity contribution in [1.82, 2.24) is 10.6 Å². The Morgan fingerprint density at radius 2 is 2.09 bits per heavy atom. The molecule has 0 radical (unpaired) electrons. The Balaban J connectivity index is 1.83. The van der Waals surface area contributed by atoms with E-state index in [0.717, 1.165) is 43.5 Å². The molecule has 1 aliphatic carbocycles. The normalized spacial score (nSPS) is 18.5. The lowest BCUT2D eigenvalue weighted by atomic mass is 9.94. The van der Waals surface area contributed by atoms with Gasteiger partial charge in [0.1, 0.15) is 5.75 Å². The van der Waals surface area contributed by atoms with Crippen molar-refractivity contribution in [2.75, 3.05) is 13.7 Å². The predicted octanol–water partition coefficient (Wildman–Crippen LogP) is 3.80. The molecule has 2 rings (SSSR count). The smallest absolute Gasteiger partial charge is 0.315 e. The minimum absolute atomic E-state index is 0.0251. The van der Waals surface area contributed by atoms with Crippen LogP contribution in [-0.4, -0.2) is 19.7 Å². The Kier molecular flexibility index (Phi) is 6.31. The van der Waals surface area contributed by atoms with Crippen LogP contribution in [0.4, 0.5) is 4.79 Å². The van der Waals surface area contributed by atoms with Gasteiger partial charge in [-0.05, 0) is 49.3 Å². The fourth-order valence-electron chi connectivity index (χ4n) is 2.75. The average molecular weight is 302 g/mol. The number of urea groups is 1. The van der Waals surface area contributed by atoms with Crippen LogP contribution in [0.3, 0.4) is 0 Å². The predicted molar refractivity (Wildman–Crippen MR) is 89.0 cm³/mol. The summed E-state index contributed by atoms with van der Waals surface area (Å²) in [7, 11) is 1.65. The van der Waals surface area contributed by atoms with Crippen molar-refractivity contribution in [3.63, 3.8) is 0 Å². The summed E-state index contributed by atoms with van der Waals surface area (Å²) in [5.41, 5.74) is 1.10. The zero-order valence-electron chi connectivity index (χ0n) is 13.5. The number of methoxy groups -OCH3 is 1. The van der Waals surface area contributed by atoms with Crippen LogP contribution < -0.4 is 15.4 Å². The third-order valence-electron chi connectivity index (χ3n) is 4.16. The van der Waals surface area contributed by atoms with Gasteiger partial charge in [0, 0.05) is 6.54 Å². The second kappa shape index (κ2) is 8.47. The van der Waals surface area contributed by atoms with Gasteiger partial charge < -0.3 is 15.4 Å². The van der Waals surface area contributed by atoms with Crippen molar-refractivity contribution < 1.29 is 9.53 Å². The standard InChI is InChI=1S/C18H26N2O2/c1-3-17(15-9-11-16(22-2)12-10-15)20-18(21)19-13-14-7-5-4-6-8-14/h4-5,9-12,14,17H,3,6-8,13H2,1-2H3,(H2,19,20,21). The Morgan fingerprint density at radius 3 is 2.68 bits per heavy atom. The number of hydrogen-bond donors (Lipinski definition) is 2. The molecule has 2 atom stereocenters. The summed E-state index contributed by atoms with van der Waals surface area (Å²) >= 11 is 0. The van der Waals surface area contributed by atoms with Crippen LogP contribution >= 0.6 is 0 Å². The zero-order valence-corrected chi connectivity index (χ0v) is 13.5. The number of carbonyl (C=O) groups is 1. The molecule has 1 aromatic rings. The maximum absolute atomic E-state index is 12.1. The van der Waals surface area contributed by atoms with Gasteiger partial charge in [-0.3, -0.25) is 0 Å². The Hall–Kier alpha value is -1.97. The molecule has 0 saturated heterocycles. The lowest BCUT2D eigenvalue weighted by Crippen LogP contribution is -2.40. The fourth-order valence-corrected chi connectivity index (χ4v) is 2.75. The highest BCUT2D eigenvalue weighted by Crippen LogP contribution is 2.20.